The minimum atomic E-state index is -3.03. The van der Waals surface area contributed by atoms with Gasteiger partial charge in [-0.25, -0.2) is 12.7 Å². The van der Waals surface area contributed by atoms with Crippen LogP contribution in [0.4, 0.5) is 0 Å². The molecule has 0 aromatic carbocycles. The summed E-state index contributed by atoms with van der Waals surface area (Å²) in [6.07, 6.45) is 6.46. The van der Waals surface area contributed by atoms with Crippen LogP contribution in [0.15, 0.2) is 0 Å². The van der Waals surface area contributed by atoms with Crippen LogP contribution in [-0.2, 0) is 10.0 Å². The van der Waals surface area contributed by atoms with Crippen LogP contribution in [0.2, 0.25) is 0 Å². The summed E-state index contributed by atoms with van der Waals surface area (Å²) in [5.74, 6) is 0.387. The number of hydrogen-bond donors (Lipinski definition) is 2. The molecule has 0 aromatic rings. The molecule has 1 saturated carbocycles. The zero-order valence-corrected chi connectivity index (χ0v) is 11.8. The van der Waals surface area contributed by atoms with E-state index in [1.54, 1.807) is 4.31 Å². The van der Waals surface area contributed by atoms with Gasteiger partial charge in [-0.2, -0.15) is 0 Å². The molecule has 18 heavy (non-hydrogen) atoms. The molecule has 0 amide bonds. The van der Waals surface area contributed by atoms with Crippen molar-refractivity contribution in [2.45, 2.75) is 44.2 Å². The van der Waals surface area contributed by atoms with E-state index < -0.39 is 10.0 Å². The van der Waals surface area contributed by atoms with E-state index >= 15 is 0 Å². The van der Waals surface area contributed by atoms with E-state index in [0.29, 0.717) is 31.1 Å². The van der Waals surface area contributed by atoms with Gasteiger partial charge in [0, 0.05) is 31.8 Å². The maximum atomic E-state index is 11.4. The van der Waals surface area contributed by atoms with Crippen LogP contribution in [0.5, 0.6) is 0 Å². The van der Waals surface area contributed by atoms with Gasteiger partial charge in [-0.15, -0.1) is 0 Å². The average molecular weight is 276 g/mol. The highest BCUT2D eigenvalue weighted by Gasteiger charge is 2.31. The molecule has 0 bridgehead atoms. The second-order valence-corrected chi connectivity index (χ2v) is 7.57. The van der Waals surface area contributed by atoms with Gasteiger partial charge in [-0.05, 0) is 31.6 Å². The topological polar surface area (TPSA) is 69.6 Å². The fraction of sp³-hybridized carbons (Fsp3) is 1.00. The first kappa shape index (κ1) is 14.2. The number of aliphatic hydroxyl groups excluding tert-OH is 1. The first-order valence-corrected chi connectivity index (χ1v) is 8.67. The molecule has 1 heterocycles. The SMILES string of the molecule is CS(=O)(=O)N1CCC(NC2CCCC2CO)CC1. The van der Waals surface area contributed by atoms with E-state index in [9.17, 15) is 13.5 Å². The molecule has 106 valence electrons. The van der Waals surface area contributed by atoms with E-state index in [4.69, 9.17) is 0 Å². The maximum absolute atomic E-state index is 11.4. The molecule has 2 N–H and O–H groups in total. The third-order valence-corrected chi connectivity index (χ3v) is 5.57. The Labute approximate surface area is 110 Å². The Morgan fingerprint density at radius 2 is 1.89 bits per heavy atom. The van der Waals surface area contributed by atoms with Crippen LogP contribution in [0, 0.1) is 5.92 Å². The number of sulfonamides is 1. The van der Waals surface area contributed by atoms with Gasteiger partial charge in [-0.1, -0.05) is 6.42 Å². The molecule has 5 nitrogen and oxygen atoms in total. The monoisotopic (exact) mass is 276 g/mol. The molecule has 2 aliphatic rings. The highest BCUT2D eigenvalue weighted by Crippen LogP contribution is 2.26. The van der Waals surface area contributed by atoms with Crippen molar-refractivity contribution >= 4 is 10.0 Å². The van der Waals surface area contributed by atoms with Crippen LogP contribution in [0.1, 0.15) is 32.1 Å². The molecule has 1 aliphatic heterocycles. The van der Waals surface area contributed by atoms with Crippen molar-refractivity contribution in [1.29, 1.82) is 0 Å². The summed E-state index contributed by atoms with van der Waals surface area (Å²) in [5, 5.41) is 12.9. The zero-order chi connectivity index (χ0) is 13.2. The van der Waals surface area contributed by atoms with Gasteiger partial charge < -0.3 is 10.4 Å². The van der Waals surface area contributed by atoms with Gasteiger partial charge in [0.15, 0.2) is 0 Å². The zero-order valence-electron chi connectivity index (χ0n) is 11.0. The van der Waals surface area contributed by atoms with Gasteiger partial charge in [0.2, 0.25) is 10.0 Å². The Bertz CT molecular complexity index is 364. The first-order valence-electron chi connectivity index (χ1n) is 6.82. The van der Waals surface area contributed by atoms with Crippen molar-refractivity contribution in [3.8, 4) is 0 Å². The minimum Gasteiger partial charge on any atom is -0.396 e. The van der Waals surface area contributed by atoms with E-state index in [1.165, 1.54) is 12.7 Å². The summed E-state index contributed by atoms with van der Waals surface area (Å²) in [6, 6.07) is 0.824. The highest BCUT2D eigenvalue weighted by atomic mass is 32.2. The van der Waals surface area contributed by atoms with Gasteiger partial charge >= 0.3 is 0 Å². The predicted molar refractivity (Wildman–Crippen MR) is 70.8 cm³/mol. The van der Waals surface area contributed by atoms with Crippen LogP contribution >= 0.6 is 0 Å². The van der Waals surface area contributed by atoms with Crippen LogP contribution in [0.3, 0.4) is 0 Å². The molecule has 2 rings (SSSR count). The van der Waals surface area contributed by atoms with Crippen LogP contribution in [-0.4, -0.2) is 55.9 Å². The smallest absolute Gasteiger partial charge is 0.211 e. The van der Waals surface area contributed by atoms with Gasteiger partial charge in [0.25, 0.3) is 0 Å². The predicted octanol–water partition coefficient (Wildman–Crippen LogP) is 0.161. The Morgan fingerprint density at radius 3 is 2.44 bits per heavy atom. The first-order chi connectivity index (χ1) is 8.50. The molecule has 0 spiro atoms. The normalized spacial score (nSPS) is 31.9. The summed E-state index contributed by atoms with van der Waals surface area (Å²) in [5.41, 5.74) is 0. The highest BCUT2D eigenvalue weighted by molar-refractivity contribution is 7.88. The number of rotatable bonds is 4. The lowest BCUT2D eigenvalue weighted by Crippen LogP contribution is -2.48. The summed E-state index contributed by atoms with van der Waals surface area (Å²) < 4.78 is 24.4. The van der Waals surface area contributed by atoms with Gasteiger partial charge in [0.05, 0.1) is 6.26 Å². The molecule has 2 unspecified atom stereocenters. The van der Waals surface area contributed by atoms with Crippen molar-refractivity contribution in [2.75, 3.05) is 26.0 Å². The van der Waals surface area contributed by atoms with E-state index in [1.807, 2.05) is 0 Å². The molecule has 0 radical (unpaired) electrons. The third-order valence-electron chi connectivity index (χ3n) is 4.27. The number of aliphatic hydroxyl groups is 1. The Morgan fingerprint density at radius 1 is 1.22 bits per heavy atom. The lowest BCUT2D eigenvalue weighted by molar-refractivity contribution is 0.188. The van der Waals surface area contributed by atoms with E-state index in [0.717, 1.165) is 25.7 Å². The summed E-state index contributed by atoms with van der Waals surface area (Å²) in [4.78, 5) is 0. The third kappa shape index (κ3) is 3.44. The summed E-state index contributed by atoms with van der Waals surface area (Å²) in [7, 11) is -3.03. The number of hydrogen-bond acceptors (Lipinski definition) is 4. The maximum Gasteiger partial charge on any atom is 0.211 e. The van der Waals surface area contributed by atoms with Gasteiger partial charge in [0.1, 0.15) is 0 Å². The van der Waals surface area contributed by atoms with E-state index in [-0.39, 0.29) is 6.61 Å². The molecular weight excluding hydrogens is 252 g/mol. The summed E-state index contributed by atoms with van der Waals surface area (Å²) >= 11 is 0. The molecule has 2 atom stereocenters. The Balaban J connectivity index is 1.80. The quantitative estimate of drug-likeness (QED) is 0.767. The van der Waals surface area contributed by atoms with Crippen molar-refractivity contribution in [1.82, 2.24) is 9.62 Å². The van der Waals surface area contributed by atoms with E-state index in [2.05, 4.69) is 5.32 Å². The largest absolute Gasteiger partial charge is 0.396 e. The molecule has 6 heteroatoms. The second kappa shape index (κ2) is 5.86. The fourth-order valence-electron chi connectivity index (χ4n) is 3.13. The number of piperidine rings is 1. The number of nitrogens with one attached hydrogen (secondary N) is 1. The molecule has 0 aromatic heterocycles. The molecule has 2 fully saturated rings. The van der Waals surface area contributed by atoms with Crippen molar-refractivity contribution < 1.29 is 13.5 Å². The summed E-state index contributed by atoms with van der Waals surface area (Å²) in [6.45, 7) is 1.50. The van der Waals surface area contributed by atoms with Crippen LogP contribution in [0.25, 0.3) is 0 Å². The number of nitrogens with zero attached hydrogens (tertiary/aromatic N) is 1. The minimum absolute atomic E-state index is 0.264. The molecular formula is C12H24N2O3S. The van der Waals surface area contributed by atoms with Gasteiger partial charge in [-0.3, -0.25) is 0 Å². The average Bonchev–Trinajstić information content (AvgIpc) is 2.76. The lowest BCUT2D eigenvalue weighted by Gasteiger charge is -2.33. The Kier molecular flexibility index (Phi) is 4.64. The van der Waals surface area contributed by atoms with Crippen molar-refractivity contribution in [3.63, 3.8) is 0 Å². The second-order valence-electron chi connectivity index (χ2n) is 5.58. The van der Waals surface area contributed by atoms with Crippen molar-refractivity contribution in [3.05, 3.63) is 0 Å². The fourth-order valence-corrected chi connectivity index (χ4v) is 4.01. The molecule has 1 saturated heterocycles. The van der Waals surface area contributed by atoms with Crippen molar-refractivity contribution in [2.24, 2.45) is 5.92 Å². The Hall–Kier alpha value is -0.170. The lowest BCUT2D eigenvalue weighted by atomic mass is 10.0. The van der Waals surface area contributed by atoms with Crippen LogP contribution < -0.4 is 5.32 Å². The molecule has 1 aliphatic carbocycles. The standard InChI is InChI=1S/C12H24N2O3S/c1-18(16,17)14-7-5-11(6-8-14)13-12-4-2-3-10(12)9-15/h10-13,15H,2-9H2,1H3.